The molecule has 0 aromatic heterocycles. The topological polar surface area (TPSA) is 95.6 Å². The van der Waals surface area contributed by atoms with Crippen LogP contribution >= 0.6 is 0 Å². The van der Waals surface area contributed by atoms with E-state index in [-0.39, 0.29) is 29.3 Å². The first-order chi connectivity index (χ1) is 15.3. The molecule has 170 valence electrons. The van der Waals surface area contributed by atoms with Crippen LogP contribution < -0.4 is 10.6 Å². The number of carbonyl (C=O) groups is 2. The van der Waals surface area contributed by atoms with Crippen LogP contribution in [-0.4, -0.2) is 50.2 Å². The minimum atomic E-state index is -3.71. The molecule has 0 spiro atoms. The number of hydrogen-bond donors (Lipinski definition) is 2. The van der Waals surface area contributed by atoms with Gasteiger partial charge in [0.1, 0.15) is 0 Å². The van der Waals surface area contributed by atoms with Gasteiger partial charge < -0.3 is 10.6 Å². The Morgan fingerprint density at radius 3 is 2.62 bits per heavy atom. The Morgan fingerprint density at radius 2 is 1.94 bits per heavy atom. The minimum Gasteiger partial charge on any atom is -0.352 e. The van der Waals surface area contributed by atoms with E-state index in [0.29, 0.717) is 31.5 Å². The summed E-state index contributed by atoms with van der Waals surface area (Å²) in [5.74, 6) is -0.557. The Kier molecular flexibility index (Phi) is 7.82. The summed E-state index contributed by atoms with van der Waals surface area (Å²) in [4.78, 5) is 24.1. The van der Waals surface area contributed by atoms with Crippen LogP contribution in [0.5, 0.6) is 0 Å². The predicted molar refractivity (Wildman–Crippen MR) is 124 cm³/mol. The molecule has 1 aliphatic heterocycles. The smallest absolute Gasteiger partial charge is 0.251 e. The molecular formula is C24H29N3O4S. The number of nitrogens with zero attached hydrogens (tertiary/aromatic N) is 1. The number of piperidine rings is 1. The molecular weight excluding hydrogens is 426 g/mol. The van der Waals surface area contributed by atoms with Gasteiger partial charge in [-0.2, -0.15) is 4.31 Å². The van der Waals surface area contributed by atoms with Gasteiger partial charge in [0.15, 0.2) is 0 Å². The van der Waals surface area contributed by atoms with E-state index in [4.69, 9.17) is 0 Å². The van der Waals surface area contributed by atoms with Crippen molar-refractivity contribution in [2.75, 3.05) is 19.6 Å². The van der Waals surface area contributed by atoms with Gasteiger partial charge in [-0.1, -0.05) is 36.4 Å². The minimum absolute atomic E-state index is 0.129. The summed E-state index contributed by atoms with van der Waals surface area (Å²) in [5.41, 5.74) is 2.73. The van der Waals surface area contributed by atoms with Crippen molar-refractivity contribution in [2.45, 2.75) is 37.1 Å². The van der Waals surface area contributed by atoms with Crippen molar-refractivity contribution in [1.82, 2.24) is 14.9 Å². The lowest BCUT2D eigenvalue weighted by molar-refractivity contribution is -0.117. The zero-order valence-corrected chi connectivity index (χ0v) is 19.0. The van der Waals surface area contributed by atoms with Gasteiger partial charge >= 0.3 is 0 Å². The van der Waals surface area contributed by atoms with Gasteiger partial charge in [-0.15, -0.1) is 0 Å². The van der Waals surface area contributed by atoms with E-state index in [1.54, 1.807) is 0 Å². The maximum atomic E-state index is 13.0. The van der Waals surface area contributed by atoms with Crippen molar-refractivity contribution in [3.63, 3.8) is 0 Å². The van der Waals surface area contributed by atoms with Gasteiger partial charge in [0.2, 0.25) is 15.9 Å². The van der Waals surface area contributed by atoms with Gasteiger partial charge in [-0.25, -0.2) is 8.42 Å². The number of amides is 2. The molecule has 0 aliphatic carbocycles. The normalized spacial score (nSPS) is 16.8. The van der Waals surface area contributed by atoms with Crippen LogP contribution in [0.3, 0.4) is 0 Å². The Morgan fingerprint density at radius 1 is 1.19 bits per heavy atom. The fourth-order valence-electron chi connectivity index (χ4n) is 3.76. The molecule has 1 fully saturated rings. The number of benzene rings is 2. The van der Waals surface area contributed by atoms with Crippen LogP contribution in [0.1, 0.15) is 34.3 Å². The molecule has 0 unspecified atom stereocenters. The molecule has 8 heteroatoms. The average molecular weight is 456 g/mol. The zero-order valence-electron chi connectivity index (χ0n) is 18.2. The lowest BCUT2D eigenvalue weighted by Crippen LogP contribution is -2.49. The van der Waals surface area contributed by atoms with E-state index in [2.05, 4.69) is 23.3 Å². The quantitative estimate of drug-likeness (QED) is 0.598. The number of nitrogens with one attached hydrogen (secondary N) is 2. The Balaban J connectivity index is 1.59. The number of aryl methyl sites for hydroxylation is 1. The van der Waals surface area contributed by atoms with Crippen LogP contribution in [0, 0.1) is 6.92 Å². The molecule has 2 aromatic rings. The van der Waals surface area contributed by atoms with E-state index in [1.807, 2.05) is 25.1 Å². The monoisotopic (exact) mass is 455 g/mol. The van der Waals surface area contributed by atoms with Gasteiger partial charge in [-0.05, 0) is 62.1 Å². The van der Waals surface area contributed by atoms with Crippen molar-refractivity contribution >= 4 is 21.8 Å². The summed E-state index contributed by atoms with van der Waals surface area (Å²) in [6.07, 6.45) is 3.27. The molecule has 32 heavy (non-hydrogen) atoms. The maximum Gasteiger partial charge on any atom is 0.251 e. The second-order valence-electron chi connectivity index (χ2n) is 7.93. The third kappa shape index (κ3) is 6.05. The van der Waals surface area contributed by atoms with Crippen LogP contribution in [0.25, 0.3) is 0 Å². The molecule has 2 N–H and O–H groups in total. The van der Waals surface area contributed by atoms with Gasteiger partial charge in [-0.3, -0.25) is 9.59 Å². The fourth-order valence-corrected chi connectivity index (χ4v) is 5.28. The largest absolute Gasteiger partial charge is 0.352 e. The Bertz CT molecular complexity index is 1080. The molecule has 2 aromatic carbocycles. The summed E-state index contributed by atoms with van der Waals surface area (Å²) < 4.78 is 27.4. The number of hydrogen-bond acceptors (Lipinski definition) is 4. The highest BCUT2D eigenvalue weighted by molar-refractivity contribution is 7.89. The molecule has 1 atom stereocenters. The molecule has 1 heterocycles. The summed E-state index contributed by atoms with van der Waals surface area (Å²) in [5, 5.41) is 5.64. The number of carbonyl (C=O) groups excluding carboxylic acids is 2. The molecule has 2 amide bonds. The molecule has 3 rings (SSSR count). The summed E-state index contributed by atoms with van der Waals surface area (Å²) >= 11 is 0. The fraction of sp³-hybridized carbons (Fsp3) is 0.333. The van der Waals surface area contributed by atoms with E-state index in [1.165, 1.54) is 40.2 Å². The van der Waals surface area contributed by atoms with Crippen LogP contribution in [0.2, 0.25) is 0 Å². The van der Waals surface area contributed by atoms with Crippen LogP contribution in [0.4, 0.5) is 0 Å². The van der Waals surface area contributed by atoms with Crippen molar-refractivity contribution < 1.29 is 18.0 Å². The summed E-state index contributed by atoms with van der Waals surface area (Å²) in [6, 6.07) is 13.8. The van der Waals surface area contributed by atoms with Crippen molar-refractivity contribution in [3.05, 3.63) is 77.9 Å². The Hall–Kier alpha value is -2.97. The van der Waals surface area contributed by atoms with Crippen LogP contribution in [0.15, 0.2) is 66.1 Å². The first kappa shape index (κ1) is 23.7. The highest BCUT2D eigenvalue weighted by atomic mass is 32.2. The van der Waals surface area contributed by atoms with E-state index >= 15 is 0 Å². The maximum absolute atomic E-state index is 13.0. The van der Waals surface area contributed by atoms with Gasteiger partial charge in [0.25, 0.3) is 5.91 Å². The Labute approximate surface area is 189 Å². The van der Waals surface area contributed by atoms with E-state index < -0.39 is 10.0 Å². The van der Waals surface area contributed by atoms with Gasteiger partial charge in [0, 0.05) is 31.2 Å². The second kappa shape index (κ2) is 10.6. The van der Waals surface area contributed by atoms with Crippen LogP contribution in [-0.2, 0) is 21.2 Å². The van der Waals surface area contributed by atoms with Crippen molar-refractivity contribution in [2.24, 2.45) is 0 Å². The first-order valence-electron chi connectivity index (χ1n) is 10.7. The molecule has 0 radical (unpaired) electrons. The van der Waals surface area contributed by atoms with Crippen molar-refractivity contribution in [3.8, 4) is 0 Å². The average Bonchev–Trinajstić information content (AvgIpc) is 2.79. The second-order valence-corrected chi connectivity index (χ2v) is 9.87. The van der Waals surface area contributed by atoms with Crippen molar-refractivity contribution in [1.29, 1.82) is 0 Å². The predicted octanol–water partition coefficient (Wildman–Crippen LogP) is 2.42. The SMILES string of the molecule is C=CC(=O)N[C@H]1CCCN(S(=O)(=O)c2ccc(C(=O)NCCc3cccc(C)c3)cc2)C1. The third-order valence-corrected chi connectivity index (χ3v) is 7.33. The highest BCUT2D eigenvalue weighted by Crippen LogP contribution is 2.21. The summed E-state index contributed by atoms with van der Waals surface area (Å²) in [7, 11) is -3.71. The molecule has 1 saturated heterocycles. The molecule has 7 nitrogen and oxygen atoms in total. The summed E-state index contributed by atoms with van der Waals surface area (Å²) in [6.45, 7) is 6.55. The van der Waals surface area contributed by atoms with E-state index in [9.17, 15) is 18.0 Å². The third-order valence-electron chi connectivity index (χ3n) is 5.45. The number of sulfonamides is 1. The molecule has 0 saturated carbocycles. The highest BCUT2D eigenvalue weighted by Gasteiger charge is 2.30. The molecule has 1 aliphatic rings. The first-order valence-corrected chi connectivity index (χ1v) is 12.1. The lowest BCUT2D eigenvalue weighted by Gasteiger charge is -2.32. The number of rotatable bonds is 8. The van der Waals surface area contributed by atoms with E-state index in [0.717, 1.165) is 12.0 Å². The zero-order chi connectivity index (χ0) is 23.1. The molecule has 0 bridgehead atoms. The lowest BCUT2D eigenvalue weighted by atomic mass is 10.1. The van der Waals surface area contributed by atoms with Gasteiger partial charge in [0.05, 0.1) is 4.90 Å². The standard InChI is InChI=1S/C24H29N3O4S/c1-3-23(28)26-21-8-5-15-27(17-21)32(30,31)22-11-9-20(10-12-22)24(29)25-14-13-19-7-4-6-18(2)16-19/h3-4,6-7,9-12,16,21H,1,5,8,13-15,17H2,2H3,(H,25,29)(H,26,28)/t21-/m0/s1.